The maximum atomic E-state index is 13.7. The van der Waals surface area contributed by atoms with Gasteiger partial charge in [-0.05, 0) is 69.2 Å². The molecule has 1 saturated heterocycles. The number of nitrogens with zero attached hydrogens (tertiary/aromatic N) is 1. The summed E-state index contributed by atoms with van der Waals surface area (Å²) in [5, 5.41) is 11.1. The summed E-state index contributed by atoms with van der Waals surface area (Å²) in [5.41, 5.74) is 1.18. The summed E-state index contributed by atoms with van der Waals surface area (Å²) in [6, 6.07) is 10.3. The van der Waals surface area contributed by atoms with E-state index in [0.29, 0.717) is 23.5 Å². The number of benzene rings is 2. The highest BCUT2D eigenvalue weighted by molar-refractivity contribution is 6.46. The average molecular weight is 441 g/mol. The van der Waals surface area contributed by atoms with E-state index in [4.69, 9.17) is 9.47 Å². The van der Waals surface area contributed by atoms with Gasteiger partial charge in [0.1, 0.15) is 17.3 Å². The normalized spacial score (nSPS) is 17.9. The van der Waals surface area contributed by atoms with Crippen molar-refractivity contribution in [2.45, 2.75) is 39.8 Å². The molecule has 1 fully saturated rings. The summed E-state index contributed by atoms with van der Waals surface area (Å²) in [7, 11) is 0. The van der Waals surface area contributed by atoms with Crippen LogP contribution in [0.5, 0.6) is 5.75 Å². The lowest BCUT2D eigenvalue weighted by molar-refractivity contribution is -0.140. The average Bonchev–Trinajstić information content (AvgIpc) is 3.00. The van der Waals surface area contributed by atoms with Crippen molar-refractivity contribution in [1.82, 2.24) is 4.90 Å². The molecule has 1 N–H and O–H groups in total. The van der Waals surface area contributed by atoms with E-state index in [1.807, 2.05) is 20.8 Å². The van der Waals surface area contributed by atoms with Gasteiger partial charge in [0.25, 0.3) is 11.7 Å². The molecule has 1 aliphatic rings. The summed E-state index contributed by atoms with van der Waals surface area (Å²) in [5.74, 6) is -1.68. The number of halogens is 1. The molecule has 6 nitrogen and oxygen atoms in total. The minimum absolute atomic E-state index is 0.0336. The van der Waals surface area contributed by atoms with E-state index < -0.39 is 23.5 Å². The molecule has 170 valence electrons. The van der Waals surface area contributed by atoms with E-state index in [9.17, 15) is 19.1 Å². The number of aliphatic hydroxyl groups is 1. The molecule has 0 saturated carbocycles. The monoisotopic (exact) mass is 441 g/mol. The molecule has 2 aromatic rings. The van der Waals surface area contributed by atoms with E-state index in [-0.39, 0.29) is 36.2 Å². The minimum Gasteiger partial charge on any atom is -0.507 e. The second-order valence-corrected chi connectivity index (χ2v) is 7.88. The maximum Gasteiger partial charge on any atom is 0.295 e. The van der Waals surface area contributed by atoms with Gasteiger partial charge in [-0.1, -0.05) is 12.1 Å². The second-order valence-electron chi connectivity index (χ2n) is 7.88. The van der Waals surface area contributed by atoms with Crippen LogP contribution in [0.3, 0.4) is 0 Å². The number of ether oxygens (including phenoxy) is 2. The van der Waals surface area contributed by atoms with E-state index in [2.05, 4.69) is 0 Å². The van der Waals surface area contributed by atoms with Crippen molar-refractivity contribution in [2.75, 3.05) is 19.8 Å². The van der Waals surface area contributed by atoms with Gasteiger partial charge in [-0.2, -0.15) is 0 Å². The van der Waals surface area contributed by atoms with Crippen LogP contribution in [-0.2, 0) is 14.3 Å². The summed E-state index contributed by atoms with van der Waals surface area (Å²) < 4.78 is 24.9. The molecular weight excluding hydrogens is 413 g/mol. The number of hydrogen-bond acceptors (Lipinski definition) is 5. The SMILES string of the molecule is CCOc1cccc(C2/C(=C(/O)c3ccc(F)c(C)c3)C(=O)C(=O)N2CCOC(C)C)c1. The fourth-order valence-electron chi connectivity index (χ4n) is 3.73. The van der Waals surface area contributed by atoms with Crippen LogP contribution in [-0.4, -0.2) is 47.6 Å². The Labute approximate surface area is 187 Å². The Morgan fingerprint density at radius 3 is 2.59 bits per heavy atom. The van der Waals surface area contributed by atoms with Gasteiger partial charge in [0.15, 0.2) is 0 Å². The standard InChI is InChI=1S/C25H28FNO5/c1-5-31-19-8-6-7-17(14-19)22-21(23(28)18-9-10-20(26)16(4)13-18)24(29)25(30)27(22)11-12-32-15(2)3/h6-10,13-15,22,28H,5,11-12H2,1-4H3/b23-21-. The van der Waals surface area contributed by atoms with Crippen molar-refractivity contribution in [3.8, 4) is 5.75 Å². The lowest BCUT2D eigenvalue weighted by Gasteiger charge is -2.26. The number of hydrogen-bond donors (Lipinski definition) is 1. The van der Waals surface area contributed by atoms with E-state index in [1.165, 1.54) is 23.1 Å². The summed E-state index contributed by atoms with van der Waals surface area (Å²) in [6.45, 7) is 8.06. The van der Waals surface area contributed by atoms with Crippen molar-refractivity contribution in [1.29, 1.82) is 0 Å². The fourth-order valence-corrected chi connectivity index (χ4v) is 3.73. The molecule has 1 aliphatic heterocycles. The molecule has 0 spiro atoms. The number of carbonyl (C=O) groups excluding carboxylic acids is 2. The van der Waals surface area contributed by atoms with Crippen LogP contribution in [0.2, 0.25) is 0 Å². The molecule has 3 rings (SSSR count). The first kappa shape index (κ1) is 23.5. The predicted molar refractivity (Wildman–Crippen MR) is 119 cm³/mol. The zero-order valence-corrected chi connectivity index (χ0v) is 18.7. The van der Waals surface area contributed by atoms with E-state index in [0.717, 1.165) is 0 Å². The number of ketones is 1. The summed E-state index contributed by atoms with van der Waals surface area (Å²) in [4.78, 5) is 27.3. The molecule has 32 heavy (non-hydrogen) atoms. The molecule has 0 aromatic heterocycles. The Kier molecular flexibility index (Phi) is 7.30. The Morgan fingerprint density at radius 1 is 1.19 bits per heavy atom. The van der Waals surface area contributed by atoms with Crippen molar-refractivity contribution < 1.29 is 28.6 Å². The number of amides is 1. The molecule has 7 heteroatoms. The van der Waals surface area contributed by atoms with Gasteiger partial charge in [-0.3, -0.25) is 9.59 Å². The molecule has 1 unspecified atom stereocenters. The third kappa shape index (κ3) is 4.83. The summed E-state index contributed by atoms with van der Waals surface area (Å²) >= 11 is 0. The summed E-state index contributed by atoms with van der Waals surface area (Å²) in [6.07, 6.45) is -0.0336. The molecular formula is C25H28FNO5. The fraction of sp³-hybridized carbons (Fsp3) is 0.360. The highest BCUT2D eigenvalue weighted by Crippen LogP contribution is 2.40. The topological polar surface area (TPSA) is 76.1 Å². The van der Waals surface area contributed by atoms with E-state index >= 15 is 0 Å². The third-order valence-electron chi connectivity index (χ3n) is 5.24. The maximum absolute atomic E-state index is 13.7. The number of likely N-dealkylation sites (tertiary alicyclic amines) is 1. The van der Waals surface area contributed by atoms with Crippen LogP contribution in [0, 0.1) is 12.7 Å². The van der Waals surface area contributed by atoms with Crippen LogP contribution in [0.15, 0.2) is 48.0 Å². The Hall–Kier alpha value is -3.19. The van der Waals surface area contributed by atoms with Gasteiger partial charge >= 0.3 is 0 Å². The molecule has 0 aliphatic carbocycles. The molecule has 1 heterocycles. The van der Waals surface area contributed by atoms with Crippen molar-refractivity contribution in [3.05, 3.63) is 70.5 Å². The Bertz CT molecular complexity index is 1050. The van der Waals surface area contributed by atoms with Crippen LogP contribution in [0.4, 0.5) is 4.39 Å². The van der Waals surface area contributed by atoms with Gasteiger partial charge in [-0.15, -0.1) is 0 Å². The Morgan fingerprint density at radius 2 is 1.94 bits per heavy atom. The molecule has 0 radical (unpaired) electrons. The Balaban J connectivity index is 2.12. The zero-order chi connectivity index (χ0) is 23.4. The van der Waals surface area contributed by atoms with Crippen LogP contribution in [0.1, 0.15) is 43.5 Å². The van der Waals surface area contributed by atoms with Crippen molar-refractivity contribution in [2.24, 2.45) is 0 Å². The first-order chi connectivity index (χ1) is 15.2. The van der Waals surface area contributed by atoms with E-state index in [1.54, 1.807) is 31.2 Å². The minimum atomic E-state index is -0.823. The number of rotatable bonds is 8. The quantitative estimate of drug-likeness (QED) is 0.374. The molecule has 0 bridgehead atoms. The number of aliphatic hydroxyl groups excluding tert-OH is 1. The van der Waals surface area contributed by atoms with Gasteiger partial charge < -0.3 is 19.5 Å². The molecule has 1 atom stereocenters. The van der Waals surface area contributed by atoms with Crippen molar-refractivity contribution in [3.63, 3.8) is 0 Å². The predicted octanol–water partition coefficient (Wildman–Crippen LogP) is 4.38. The van der Waals surface area contributed by atoms with Gasteiger partial charge in [-0.25, -0.2) is 4.39 Å². The van der Waals surface area contributed by atoms with Crippen LogP contribution in [0.25, 0.3) is 5.76 Å². The van der Waals surface area contributed by atoms with Gasteiger partial charge in [0.2, 0.25) is 0 Å². The second kappa shape index (κ2) is 9.96. The van der Waals surface area contributed by atoms with Gasteiger partial charge in [0, 0.05) is 12.1 Å². The smallest absolute Gasteiger partial charge is 0.295 e. The molecule has 1 amide bonds. The first-order valence-electron chi connectivity index (χ1n) is 10.6. The first-order valence-corrected chi connectivity index (χ1v) is 10.6. The molecule has 2 aromatic carbocycles. The van der Waals surface area contributed by atoms with Crippen LogP contribution >= 0.6 is 0 Å². The number of Topliss-reactive ketones (excluding diaryl/α,β-unsaturated/α-hetero) is 1. The largest absolute Gasteiger partial charge is 0.507 e. The zero-order valence-electron chi connectivity index (χ0n) is 18.7. The third-order valence-corrected chi connectivity index (χ3v) is 5.24. The highest BCUT2D eigenvalue weighted by atomic mass is 19.1. The van der Waals surface area contributed by atoms with Crippen LogP contribution < -0.4 is 4.74 Å². The van der Waals surface area contributed by atoms with Crippen molar-refractivity contribution >= 4 is 17.4 Å². The number of carbonyl (C=O) groups is 2. The number of aryl methyl sites for hydroxylation is 1. The van der Waals surface area contributed by atoms with Gasteiger partial charge in [0.05, 0.1) is 30.9 Å². The lowest BCUT2D eigenvalue weighted by atomic mass is 9.94. The highest BCUT2D eigenvalue weighted by Gasteiger charge is 2.46. The lowest BCUT2D eigenvalue weighted by Crippen LogP contribution is -2.33.